The van der Waals surface area contributed by atoms with Crippen LogP contribution in [0.3, 0.4) is 0 Å². The second-order valence-electron chi connectivity index (χ2n) is 5.18. The molecule has 1 aromatic carbocycles. The molecule has 0 radical (unpaired) electrons. The van der Waals surface area contributed by atoms with Gasteiger partial charge in [0.1, 0.15) is 5.76 Å². The molecule has 3 aromatic rings. The lowest BCUT2D eigenvalue weighted by molar-refractivity contribution is 0.0942. The first kappa shape index (κ1) is 14.1. The minimum Gasteiger partial charge on any atom is -0.467 e. The Labute approximate surface area is 128 Å². The Morgan fingerprint density at radius 2 is 2.00 bits per heavy atom. The molecule has 3 rings (SSSR count). The second kappa shape index (κ2) is 5.89. The normalized spacial score (nSPS) is 10.6. The molecule has 0 saturated heterocycles. The Morgan fingerprint density at radius 1 is 1.23 bits per heavy atom. The largest absolute Gasteiger partial charge is 0.467 e. The number of rotatable bonds is 4. The highest BCUT2D eigenvalue weighted by Crippen LogP contribution is 2.13. The standard InChI is InChI=1S/C17H17N3O2/c1-12-5-7-14(8-6-12)20-13(2)10-16(19-20)17(21)18-11-15-4-3-9-22-15/h3-10H,11H2,1-2H3,(H,18,21). The number of nitrogens with one attached hydrogen (secondary N) is 1. The van der Waals surface area contributed by atoms with Crippen molar-refractivity contribution < 1.29 is 9.21 Å². The van der Waals surface area contributed by atoms with E-state index in [-0.39, 0.29) is 5.91 Å². The molecule has 5 heteroatoms. The van der Waals surface area contributed by atoms with Crippen LogP contribution in [-0.4, -0.2) is 15.7 Å². The lowest BCUT2D eigenvalue weighted by atomic mass is 10.2. The van der Waals surface area contributed by atoms with Crippen molar-refractivity contribution in [2.24, 2.45) is 0 Å². The lowest BCUT2D eigenvalue weighted by Crippen LogP contribution is -2.23. The first-order valence-corrected chi connectivity index (χ1v) is 7.08. The number of furan rings is 1. The van der Waals surface area contributed by atoms with Crippen LogP contribution in [0, 0.1) is 13.8 Å². The van der Waals surface area contributed by atoms with Crippen LogP contribution >= 0.6 is 0 Å². The Bertz CT molecular complexity index is 771. The quantitative estimate of drug-likeness (QED) is 0.805. The maximum Gasteiger partial charge on any atom is 0.272 e. The summed E-state index contributed by atoms with van der Waals surface area (Å²) >= 11 is 0. The van der Waals surface area contributed by atoms with E-state index in [1.54, 1.807) is 23.1 Å². The van der Waals surface area contributed by atoms with Crippen molar-refractivity contribution in [3.05, 3.63) is 71.4 Å². The van der Waals surface area contributed by atoms with Gasteiger partial charge in [0.15, 0.2) is 5.69 Å². The highest BCUT2D eigenvalue weighted by atomic mass is 16.3. The minimum atomic E-state index is -0.217. The van der Waals surface area contributed by atoms with Crippen molar-refractivity contribution in [3.8, 4) is 5.69 Å². The summed E-state index contributed by atoms with van der Waals surface area (Å²) in [5.74, 6) is 0.494. The minimum absolute atomic E-state index is 0.217. The van der Waals surface area contributed by atoms with Gasteiger partial charge >= 0.3 is 0 Å². The average Bonchev–Trinajstić information content (AvgIpc) is 3.15. The molecule has 0 fully saturated rings. The fourth-order valence-corrected chi connectivity index (χ4v) is 2.20. The molecule has 1 N–H and O–H groups in total. The molecule has 112 valence electrons. The van der Waals surface area contributed by atoms with Crippen LogP contribution < -0.4 is 5.32 Å². The number of carbonyl (C=O) groups excluding carboxylic acids is 1. The van der Waals surface area contributed by atoms with E-state index < -0.39 is 0 Å². The molecule has 22 heavy (non-hydrogen) atoms. The van der Waals surface area contributed by atoms with E-state index in [9.17, 15) is 4.79 Å². The van der Waals surface area contributed by atoms with E-state index in [4.69, 9.17) is 4.42 Å². The molecule has 0 atom stereocenters. The summed E-state index contributed by atoms with van der Waals surface area (Å²) in [5.41, 5.74) is 3.43. The van der Waals surface area contributed by atoms with Crippen LogP contribution in [0.15, 0.2) is 53.1 Å². The molecule has 0 unspecified atom stereocenters. The van der Waals surface area contributed by atoms with Gasteiger partial charge in [0, 0.05) is 5.69 Å². The molecule has 0 aliphatic rings. The molecule has 2 aromatic heterocycles. The van der Waals surface area contributed by atoms with E-state index in [2.05, 4.69) is 10.4 Å². The van der Waals surface area contributed by atoms with Crippen molar-refractivity contribution in [1.29, 1.82) is 0 Å². The first-order chi connectivity index (χ1) is 10.6. The summed E-state index contributed by atoms with van der Waals surface area (Å²) in [5, 5.41) is 7.18. The van der Waals surface area contributed by atoms with Crippen LogP contribution in [0.2, 0.25) is 0 Å². The van der Waals surface area contributed by atoms with Crippen LogP contribution in [-0.2, 0) is 6.54 Å². The van der Waals surface area contributed by atoms with Crippen LogP contribution in [0.5, 0.6) is 0 Å². The van der Waals surface area contributed by atoms with E-state index >= 15 is 0 Å². The molecular weight excluding hydrogens is 278 g/mol. The summed E-state index contributed by atoms with van der Waals surface area (Å²) < 4.78 is 6.95. The Kier molecular flexibility index (Phi) is 3.78. The number of amides is 1. The Morgan fingerprint density at radius 3 is 2.68 bits per heavy atom. The first-order valence-electron chi connectivity index (χ1n) is 7.08. The van der Waals surface area contributed by atoms with Gasteiger partial charge < -0.3 is 9.73 Å². The fraction of sp³-hybridized carbons (Fsp3) is 0.176. The Hall–Kier alpha value is -2.82. The average molecular weight is 295 g/mol. The number of aromatic nitrogens is 2. The van der Waals surface area contributed by atoms with Gasteiger partial charge in [-0.1, -0.05) is 17.7 Å². The molecular formula is C17H17N3O2. The van der Waals surface area contributed by atoms with Crippen molar-refractivity contribution in [2.45, 2.75) is 20.4 Å². The number of nitrogens with zero attached hydrogens (tertiary/aromatic N) is 2. The molecule has 5 nitrogen and oxygen atoms in total. The van der Waals surface area contributed by atoms with Gasteiger partial charge in [0.05, 0.1) is 18.5 Å². The summed E-state index contributed by atoms with van der Waals surface area (Å²) in [7, 11) is 0. The predicted octanol–water partition coefficient (Wildman–Crippen LogP) is 3.01. The molecule has 0 saturated carbocycles. The van der Waals surface area contributed by atoms with Crippen molar-refractivity contribution in [3.63, 3.8) is 0 Å². The van der Waals surface area contributed by atoms with E-state index in [0.29, 0.717) is 18.0 Å². The predicted molar refractivity (Wildman–Crippen MR) is 82.9 cm³/mol. The summed E-state index contributed by atoms with van der Waals surface area (Å²) in [6.07, 6.45) is 1.58. The van der Waals surface area contributed by atoms with Gasteiger partial charge in [-0.3, -0.25) is 4.79 Å². The monoisotopic (exact) mass is 295 g/mol. The van der Waals surface area contributed by atoms with E-state index in [1.807, 2.05) is 44.2 Å². The zero-order valence-corrected chi connectivity index (χ0v) is 12.5. The zero-order valence-electron chi connectivity index (χ0n) is 12.5. The Balaban J connectivity index is 1.76. The van der Waals surface area contributed by atoms with Gasteiger partial charge in [-0.2, -0.15) is 5.10 Å². The maximum absolute atomic E-state index is 12.2. The van der Waals surface area contributed by atoms with Crippen LogP contribution in [0.4, 0.5) is 0 Å². The molecule has 0 bridgehead atoms. The van der Waals surface area contributed by atoms with Crippen LogP contribution in [0.25, 0.3) is 5.69 Å². The summed E-state index contributed by atoms with van der Waals surface area (Å²) in [6, 6.07) is 13.4. The molecule has 2 heterocycles. The molecule has 1 amide bonds. The number of benzene rings is 1. The SMILES string of the molecule is Cc1ccc(-n2nc(C(=O)NCc3ccco3)cc2C)cc1. The van der Waals surface area contributed by atoms with Crippen molar-refractivity contribution in [2.75, 3.05) is 0 Å². The molecule has 0 aliphatic carbocycles. The third-order valence-corrected chi connectivity index (χ3v) is 3.40. The van der Waals surface area contributed by atoms with Gasteiger partial charge in [0.25, 0.3) is 5.91 Å². The summed E-state index contributed by atoms with van der Waals surface area (Å²) in [4.78, 5) is 12.2. The maximum atomic E-state index is 12.2. The van der Waals surface area contributed by atoms with Crippen molar-refractivity contribution >= 4 is 5.91 Å². The highest BCUT2D eigenvalue weighted by molar-refractivity contribution is 5.92. The van der Waals surface area contributed by atoms with Gasteiger partial charge in [-0.25, -0.2) is 4.68 Å². The van der Waals surface area contributed by atoms with E-state index in [1.165, 1.54) is 5.56 Å². The molecule has 0 aliphatic heterocycles. The number of hydrogen-bond donors (Lipinski definition) is 1. The lowest BCUT2D eigenvalue weighted by Gasteiger charge is -2.04. The smallest absolute Gasteiger partial charge is 0.272 e. The zero-order chi connectivity index (χ0) is 15.5. The second-order valence-corrected chi connectivity index (χ2v) is 5.18. The third-order valence-electron chi connectivity index (χ3n) is 3.40. The number of aryl methyl sites for hydroxylation is 2. The fourth-order valence-electron chi connectivity index (χ4n) is 2.20. The van der Waals surface area contributed by atoms with E-state index in [0.717, 1.165) is 11.4 Å². The van der Waals surface area contributed by atoms with Gasteiger partial charge in [0.2, 0.25) is 0 Å². The molecule has 0 spiro atoms. The van der Waals surface area contributed by atoms with Crippen LogP contribution in [0.1, 0.15) is 27.5 Å². The van der Waals surface area contributed by atoms with Crippen molar-refractivity contribution in [1.82, 2.24) is 15.1 Å². The number of hydrogen-bond acceptors (Lipinski definition) is 3. The number of carbonyl (C=O) groups is 1. The third kappa shape index (κ3) is 2.93. The topological polar surface area (TPSA) is 60.1 Å². The summed E-state index contributed by atoms with van der Waals surface area (Å²) in [6.45, 7) is 4.31. The van der Waals surface area contributed by atoms with Gasteiger partial charge in [-0.05, 0) is 44.2 Å². The highest BCUT2D eigenvalue weighted by Gasteiger charge is 2.13. The van der Waals surface area contributed by atoms with Gasteiger partial charge in [-0.15, -0.1) is 0 Å².